The van der Waals surface area contributed by atoms with Gasteiger partial charge in [0.1, 0.15) is 0 Å². The van der Waals surface area contributed by atoms with Crippen molar-refractivity contribution in [2.75, 3.05) is 12.3 Å². The molecular weight excluding hydrogens is 832 g/mol. The van der Waals surface area contributed by atoms with Crippen LogP contribution in [0.3, 0.4) is 0 Å². The second-order valence-corrected chi connectivity index (χ2v) is 17.0. The number of allylic oxidation sites excluding steroid dienone is 4. The molecule has 4 aromatic carbocycles. The number of halogens is 6. The van der Waals surface area contributed by atoms with Gasteiger partial charge in [0.15, 0.2) is 0 Å². The van der Waals surface area contributed by atoms with Crippen molar-refractivity contribution >= 4 is 44.9 Å². The van der Waals surface area contributed by atoms with Gasteiger partial charge in [0.05, 0.1) is 0 Å². The number of benzene rings is 4. The van der Waals surface area contributed by atoms with E-state index in [0.717, 1.165) is 0 Å². The van der Waals surface area contributed by atoms with Crippen LogP contribution >= 0.6 is 23.7 Å². The van der Waals surface area contributed by atoms with Gasteiger partial charge in [-0.15, -0.1) is 0 Å². The van der Waals surface area contributed by atoms with Crippen LogP contribution in [-0.2, 0) is 20.1 Å². The molecule has 1 aliphatic carbocycles. The first kappa shape index (κ1) is 40.1. The maximum absolute atomic E-state index is 10.7. The summed E-state index contributed by atoms with van der Waals surface area (Å²) in [7, 11) is -11.2. The fraction of sp³-hybridized carbons (Fsp3) is 0.222. The van der Waals surface area contributed by atoms with Gasteiger partial charge in [-0.1, -0.05) is 146 Å². The van der Waals surface area contributed by atoms with Crippen molar-refractivity contribution < 1.29 is 45.3 Å². The molecule has 0 atom stereocenters. The molecule has 4 aromatic rings. The zero-order chi connectivity index (χ0) is 32.5. The third-order valence-electron chi connectivity index (χ3n) is 6.62. The summed E-state index contributed by atoms with van der Waals surface area (Å²) in [6.45, 7) is 0. The average Bonchev–Trinajstić information content (AvgIpc) is 2.99. The first-order valence-electron chi connectivity index (χ1n) is 15.0. The summed E-state index contributed by atoms with van der Waals surface area (Å²) in [5.41, 5.74) is 0. The quantitative estimate of drug-likeness (QED) is 0.0680. The second-order valence-electron chi connectivity index (χ2n) is 10.4. The third kappa shape index (κ3) is 18.9. The summed E-state index contributed by atoms with van der Waals surface area (Å²) in [6, 6.07) is 44.3. The van der Waals surface area contributed by atoms with Gasteiger partial charge in [-0.2, -0.15) is 0 Å². The average molecular weight is 872 g/mol. The Morgan fingerprint density at radius 1 is 0.391 bits per heavy atom. The van der Waals surface area contributed by atoms with Crippen molar-refractivity contribution in [3.8, 4) is 0 Å². The molecule has 0 amide bonds. The predicted octanol–water partition coefficient (Wildman–Crippen LogP) is 12.1. The van der Waals surface area contributed by atoms with E-state index in [-0.39, 0.29) is 35.9 Å². The molecule has 46 heavy (non-hydrogen) atoms. The molecule has 0 fully saturated rings. The van der Waals surface area contributed by atoms with Crippen LogP contribution in [0, 0.1) is 0 Å². The van der Waals surface area contributed by atoms with Crippen LogP contribution in [-0.4, -0.2) is 12.3 Å². The Kier molecular flexibility index (Phi) is 16.6. The molecule has 0 aromatic heterocycles. The van der Waals surface area contributed by atoms with E-state index in [1.54, 1.807) is 0 Å². The molecule has 0 heterocycles. The van der Waals surface area contributed by atoms with Crippen molar-refractivity contribution in [1.82, 2.24) is 0 Å². The standard InChI is InChI=1S/C28H28P2.C8H12.F6P.Ir/c1-5-15-25(16-6-1)29(26-17-7-2-8-18-26)23-13-14-24-30(27-19-9-3-10-20-27)28-21-11-4-12-22-28;1-2-4-6-8-7-5-3-1;1-7(2,3,4,5)6;/h1-12,15-22H,13-14,23-24H2;1-2,7-8H,3-6H2;;/q;;-1;+3/b;2-1-,8-7-;;. The van der Waals surface area contributed by atoms with E-state index in [1.807, 2.05) is 0 Å². The van der Waals surface area contributed by atoms with Crippen LogP contribution in [0.5, 0.6) is 0 Å². The molecule has 0 bridgehead atoms. The largest absolute Gasteiger partial charge is 3.00 e. The Morgan fingerprint density at radius 2 is 0.587 bits per heavy atom. The van der Waals surface area contributed by atoms with Crippen molar-refractivity contribution in [2.24, 2.45) is 0 Å². The van der Waals surface area contributed by atoms with E-state index in [9.17, 15) is 25.2 Å². The van der Waals surface area contributed by atoms with Gasteiger partial charge in [-0.25, -0.2) is 0 Å². The minimum atomic E-state index is -10.7. The van der Waals surface area contributed by atoms with E-state index >= 15 is 0 Å². The van der Waals surface area contributed by atoms with E-state index in [2.05, 4.69) is 146 Å². The van der Waals surface area contributed by atoms with Crippen LogP contribution in [0.1, 0.15) is 38.5 Å². The van der Waals surface area contributed by atoms with Crippen LogP contribution in [0.25, 0.3) is 0 Å². The van der Waals surface area contributed by atoms with Gasteiger partial charge in [0, 0.05) is 0 Å². The molecule has 0 spiro atoms. The van der Waals surface area contributed by atoms with E-state index in [1.165, 1.54) is 72.1 Å². The predicted molar refractivity (Wildman–Crippen MR) is 187 cm³/mol. The molecule has 0 aliphatic heterocycles. The molecule has 0 saturated heterocycles. The van der Waals surface area contributed by atoms with E-state index < -0.39 is 7.81 Å². The van der Waals surface area contributed by atoms with Gasteiger partial charge < -0.3 is 0 Å². The van der Waals surface area contributed by atoms with Crippen LogP contribution in [0.15, 0.2) is 146 Å². The summed E-state index contributed by atoms with van der Waals surface area (Å²) >= 11 is 0. The Morgan fingerprint density at radius 3 is 0.783 bits per heavy atom. The summed E-state index contributed by atoms with van der Waals surface area (Å²) < 4.78 is 59.2. The molecule has 0 nitrogen and oxygen atoms in total. The molecule has 0 unspecified atom stereocenters. The minimum absolute atomic E-state index is 0. The van der Waals surface area contributed by atoms with Gasteiger partial charge in [-0.3, -0.25) is 0 Å². The summed E-state index contributed by atoms with van der Waals surface area (Å²) in [6.07, 6.45) is 19.1. The fourth-order valence-electron chi connectivity index (χ4n) is 4.64. The van der Waals surface area contributed by atoms with Crippen LogP contribution in [0.2, 0.25) is 0 Å². The van der Waals surface area contributed by atoms with Crippen LogP contribution < -0.4 is 21.2 Å². The van der Waals surface area contributed by atoms with Crippen molar-refractivity contribution in [3.63, 3.8) is 0 Å². The summed E-state index contributed by atoms with van der Waals surface area (Å²) in [5.74, 6) is 0. The smallest absolute Gasteiger partial charge is 0.0622 e. The fourth-order valence-corrected chi connectivity index (χ4v) is 9.48. The van der Waals surface area contributed by atoms with E-state index in [4.69, 9.17) is 0 Å². The molecule has 0 N–H and O–H groups in total. The topological polar surface area (TPSA) is 0 Å². The summed E-state index contributed by atoms with van der Waals surface area (Å²) in [5, 5.41) is 5.97. The zero-order valence-electron chi connectivity index (χ0n) is 25.5. The number of rotatable bonds is 9. The normalized spacial score (nSPS) is 15.7. The number of unbranched alkanes of at least 4 members (excludes halogenated alkanes) is 1. The second kappa shape index (κ2) is 19.0. The molecule has 5 rings (SSSR count). The Hall–Kier alpha value is -2.12. The molecule has 1 aliphatic rings. The molecule has 0 saturated carbocycles. The van der Waals surface area contributed by atoms with Gasteiger partial charge in [0.25, 0.3) is 0 Å². The zero-order valence-corrected chi connectivity index (χ0v) is 30.5. The minimum Gasteiger partial charge on any atom is -0.0622 e. The Labute approximate surface area is 285 Å². The van der Waals surface area contributed by atoms with Gasteiger partial charge in [0.2, 0.25) is 0 Å². The van der Waals surface area contributed by atoms with Gasteiger partial charge >= 0.3 is 53.1 Å². The van der Waals surface area contributed by atoms with Gasteiger partial charge in [-0.05, 0) is 87.9 Å². The van der Waals surface area contributed by atoms with E-state index in [0.29, 0.717) is 0 Å². The molecule has 0 radical (unpaired) electrons. The molecule has 248 valence electrons. The Bertz CT molecular complexity index is 1230. The Balaban J connectivity index is 0.000000380. The maximum atomic E-state index is 9.87. The van der Waals surface area contributed by atoms with Crippen molar-refractivity contribution in [3.05, 3.63) is 146 Å². The summed E-state index contributed by atoms with van der Waals surface area (Å²) in [4.78, 5) is 0. The number of hydrogen-bond donors (Lipinski definition) is 0. The molecular formula is C36H40F6IrP3+2. The first-order valence-corrected chi connectivity index (χ1v) is 20.1. The SMILES string of the molecule is C1=C\CC/C=C\CC/1.F[P-](F)(F)(F)(F)F.[Ir+3].c1ccc(P(CCCCP(c2ccccc2)c2ccccc2)c2ccccc2)cc1. The third-order valence-corrected chi connectivity index (χ3v) is 11.8. The van der Waals surface area contributed by atoms with Crippen molar-refractivity contribution in [1.29, 1.82) is 0 Å². The molecule has 10 heteroatoms. The maximum Gasteiger partial charge on any atom is 3.00 e. The number of hydrogen-bond acceptors (Lipinski definition) is 0. The van der Waals surface area contributed by atoms with Crippen molar-refractivity contribution in [2.45, 2.75) is 38.5 Å². The van der Waals surface area contributed by atoms with Crippen LogP contribution in [0.4, 0.5) is 25.2 Å². The monoisotopic (exact) mass is 872 g/mol. The first-order chi connectivity index (χ1) is 21.4.